The number of hydrogen-bond acceptors (Lipinski definition) is 6. The van der Waals surface area contributed by atoms with Crippen molar-refractivity contribution in [2.75, 3.05) is 18.1 Å². The number of alkyl halides is 3. The van der Waals surface area contributed by atoms with Crippen molar-refractivity contribution in [1.82, 2.24) is 0 Å². The molecule has 0 bridgehead atoms. The maximum Gasteiger partial charge on any atom is 0.391 e. The number of carbonyl (C=O) groups is 2. The highest BCUT2D eigenvalue weighted by molar-refractivity contribution is 5.90. The third-order valence-corrected chi connectivity index (χ3v) is 6.01. The Morgan fingerprint density at radius 2 is 1.63 bits per heavy atom. The lowest BCUT2D eigenvalue weighted by Gasteiger charge is -2.29. The van der Waals surface area contributed by atoms with Gasteiger partial charge in [0, 0.05) is 23.4 Å². The van der Waals surface area contributed by atoms with Crippen molar-refractivity contribution in [3.8, 4) is 0 Å². The molecule has 35 heavy (non-hydrogen) atoms. The Morgan fingerprint density at radius 1 is 1.03 bits per heavy atom. The Morgan fingerprint density at radius 3 is 2.20 bits per heavy atom. The SMILES string of the molecule is CC(COC(=O)C=Cc1ccc(C(=O)OC2CCC(C(F)(F)F)CC2)cc1)c1cc(N)cc(N)c1. The van der Waals surface area contributed by atoms with Gasteiger partial charge in [0.05, 0.1) is 18.1 Å². The minimum Gasteiger partial charge on any atom is -0.462 e. The van der Waals surface area contributed by atoms with Crippen molar-refractivity contribution in [2.24, 2.45) is 5.92 Å². The molecular weight excluding hydrogens is 461 g/mol. The molecular formula is C26H29F3N2O4. The van der Waals surface area contributed by atoms with Gasteiger partial charge in [-0.2, -0.15) is 13.2 Å². The van der Waals surface area contributed by atoms with Crippen molar-refractivity contribution in [3.05, 3.63) is 65.2 Å². The van der Waals surface area contributed by atoms with Gasteiger partial charge in [-0.15, -0.1) is 0 Å². The highest BCUT2D eigenvalue weighted by Gasteiger charge is 2.42. The number of hydrogen-bond donors (Lipinski definition) is 2. The Bertz CT molecular complexity index is 1040. The molecule has 0 aliphatic heterocycles. The van der Waals surface area contributed by atoms with E-state index in [0.29, 0.717) is 16.9 Å². The lowest BCUT2D eigenvalue weighted by atomic mass is 9.87. The molecule has 3 rings (SSSR count). The second-order valence-corrected chi connectivity index (χ2v) is 8.84. The smallest absolute Gasteiger partial charge is 0.391 e. The Hall–Kier alpha value is -3.49. The number of halogens is 3. The second-order valence-electron chi connectivity index (χ2n) is 8.84. The second kappa shape index (κ2) is 11.3. The molecule has 0 saturated heterocycles. The van der Waals surface area contributed by atoms with E-state index in [2.05, 4.69) is 0 Å². The van der Waals surface area contributed by atoms with Gasteiger partial charge < -0.3 is 20.9 Å². The summed E-state index contributed by atoms with van der Waals surface area (Å²) in [4.78, 5) is 24.4. The maximum atomic E-state index is 12.8. The van der Waals surface area contributed by atoms with Crippen molar-refractivity contribution in [3.63, 3.8) is 0 Å². The molecule has 1 atom stereocenters. The first-order valence-corrected chi connectivity index (χ1v) is 11.4. The summed E-state index contributed by atoms with van der Waals surface area (Å²) in [7, 11) is 0. The third kappa shape index (κ3) is 7.77. The van der Waals surface area contributed by atoms with Gasteiger partial charge in [0.25, 0.3) is 0 Å². The fourth-order valence-electron chi connectivity index (χ4n) is 3.96. The van der Waals surface area contributed by atoms with E-state index >= 15 is 0 Å². The molecule has 188 valence electrons. The van der Waals surface area contributed by atoms with Crippen molar-refractivity contribution < 1.29 is 32.2 Å². The Kier molecular flexibility index (Phi) is 8.43. The first kappa shape index (κ1) is 26.1. The van der Waals surface area contributed by atoms with Crippen LogP contribution in [-0.2, 0) is 14.3 Å². The van der Waals surface area contributed by atoms with Crippen LogP contribution in [0.25, 0.3) is 6.08 Å². The molecule has 0 heterocycles. The van der Waals surface area contributed by atoms with Crippen LogP contribution >= 0.6 is 0 Å². The van der Waals surface area contributed by atoms with E-state index < -0.39 is 30.1 Å². The molecule has 1 aliphatic carbocycles. The molecule has 1 saturated carbocycles. The van der Waals surface area contributed by atoms with E-state index in [-0.39, 0.29) is 43.8 Å². The summed E-state index contributed by atoms with van der Waals surface area (Å²) in [5.74, 6) is -2.51. The van der Waals surface area contributed by atoms with Crippen molar-refractivity contribution >= 4 is 29.4 Å². The summed E-state index contributed by atoms with van der Waals surface area (Å²) in [5.41, 5.74) is 14.5. The molecule has 0 aromatic heterocycles. The number of ether oxygens (including phenoxy) is 2. The third-order valence-electron chi connectivity index (χ3n) is 6.01. The minimum absolute atomic E-state index is 0.0342. The average Bonchev–Trinajstić information content (AvgIpc) is 2.80. The highest BCUT2D eigenvalue weighted by atomic mass is 19.4. The van der Waals surface area contributed by atoms with E-state index in [1.54, 1.807) is 48.5 Å². The fourth-order valence-corrected chi connectivity index (χ4v) is 3.96. The van der Waals surface area contributed by atoms with E-state index in [9.17, 15) is 22.8 Å². The molecule has 0 amide bonds. The van der Waals surface area contributed by atoms with Crippen molar-refractivity contribution in [1.29, 1.82) is 0 Å². The summed E-state index contributed by atoms with van der Waals surface area (Å²) in [6, 6.07) is 11.6. The number of rotatable bonds is 7. The largest absolute Gasteiger partial charge is 0.462 e. The van der Waals surface area contributed by atoms with E-state index in [1.165, 1.54) is 6.08 Å². The van der Waals surface area contributed by atoms with Crippen LogP contribution in [0.15, 0.2) is 48.5 Å². The number of carbonyl (C=O) groups excluding carboxylic acids is 2. The lowest BCUT2D eigenvalue weighted by Crippen LogP contribution is -2.31. The number of benzene rings is 2. The van der Waals surface area contributed by atoms with E-state index in [0.717, 1.165) is 5.56 Å². The van der Waals surface area contributed by atoms with E-state index in [1.807, 2.05) is 6.92 Å². The van der Waals surface area contributed by atoms with Gasteiger partial charge in [0.15, 0.2) is 0 Å². The number of nitrogen functional groups attached to an aromatic ring is 2. The fraction of sp³-hybridized carbons (Fsp3) is 0.385. The molecule has 4 N–H and O–H groups in total. The first-order chi connectivity index (χ1) is 16.5. The van der Waals surface area contributed by atoms with Gasteiger partial charge in [-0.05, 0) is 73.2 Å². The lowest BCUT2D eigenvalue weighted by molar-refractivity contribution is -0.185. The molecule has 1 unspecified atom stereocenters. The monoisotopic (exact) mass is 490 g/mol. The topological polar surface area (TPSA) is 105 Å². The number of nitrogens with two attached hydrogens (primary N) is 2. The molecule has 0 spiro atoms. The summed E-state index contributed by atoms with van der Waals surface area (Å²) in [5, 5.41) is 0. The van der Waals surface area contributed by atoms with Crippen LogP contribution in [0.3, 0.4) is 0 Å². The van der Waals surface area contributed by atoms with Crippen LogP contribution < -0.4 is 11.5 Å². The quantitative estimate of drug-likeness (QED) is 0.302. The predicted molar refractivity (Wildman–Crippen MR) is 127 cm³/mol. The Labute approximate surface area is 202 Å². The van der Waals surface area contributed by atoms with Gasteiger partial charge in [-0.3, -0.25) is 0 Å². The summed E-state index contributed by atoms with van der Waals surface area (Å²) in [6.45, 7) is 2.05. The molecule has 2 aromatic carbocycles. The van der Waals surface area contributed by atoms with Crippen LogP contribution in [-0.4, -0.2) is 30.8 Å². The summed E-state index contributed by atoms with van der Waals surface area (Å²) in [6.07, 6.45) is -1.55. The number of anilines is 2. The first-order valence-electron chi connectivity index (χ1n) is 11.4. The van der Waals surface area contributed by atoms with E-state index in [4.69, 9.17) is 20.9 Å². The van der Waals surface area contributed by atoms with Crippen LogP contribution in [0.2, 0.25) is 0 Å². The average molecular weight is 491 g/mol. The van der Waals surface area contributed by atoms with Crippen LogP contribution in [0.4, 0.5) is 24.5 Å². The minimum atomic E-state index is -4.20. The molecule has 9 heteroatoms. The number of esters is 2. The standard InChI is InChI=1S/C26H29F3N2O4/c1-16(19-12-21(30)14-22(31)13-19)15-34-24(32)11-4-17-2-5-18(6-3-17)25(33)35-23-9-7-20(8-10-23)26(27,28)29/h2-6,11-14,16,20,23H,7-10,15,30-31H2,1H3. The normalized spacial score (nSPS) is 19.3. The van der Waals surface area contributed by atoms with Gasteiger partial charge in [-0.25, -0.2) is 9.59 Å². The maximum absolute atomic E-state index is 12.8. The predicted octanol–water partition coefficient (Wildman–Crippen LogP) is 5.49. The van der Waals surface area contributed by atoms with Gasteiger partial charge >= 0.3 is 18.1 Å². The molecule has 2 aromatic rings. The molecule has 6 nitrogen and oxygen atoms in total. The molecule has 0 radical (unpaired) electrons. The zero-order valence-electron chi connectivity index (χ0n) is 19.4. The van der Waals surface area contributed by atoms with Crippen molar-refractivity contribution in [2.45, 2.75) is 50.8 Å². The highest BCUT2D eigenvalue weighted by Crippen LogP contribution is 2.38. The van der Waals surface area contributed by atoms with Crippen LogP contribution in [0.1, 0.15) is 60.0 Å². The summed E-state index contributed by atoms with van der Waals surface area (Å²) >= 11 is 0. The van der Waals surface area contributed by atoms with Crippen LogP contribution in [0.5, 0.6) is 0 Å². The summed E-state index contributed by atoms with van der Waals surface area (Å²) < 4.78 is 49.0. The van der Waals surface area contributed by atoms with Gasteiger partial charge in [0.2, 0.25) is 0 Å². The van der Waals surface area contributed by atoms with Gasteiger partial charge in [0.1, 0.15) is 6.10 Å². The zero-order chi connectivity index (χ0) is 25.6. The zero-order valence-corrected chi connectivity index (χ0v) is 19.4. The Balaban J connectivity index is 1.45. The van der Waals surface area contributed by atoms with Crippen LogP contribution in [0, 0.1) is 5.92 Å². The molecule has 1 aliphatic rings. The van der Waals surface area contributed by atoms with Gasteiger partial charge in [-0.1, -0.05) is 19.1 Å². The molecule has 1 fully saturated rings.